The van der Waals surface area contributed by atoms with Gasteiger partial charge in [-0.25, -0.2) is 9.78 Å². The summed E-state index contributed by atoms with van der Waals surface area (Å²) in [6, 6.07) is 13.6. The van der Waals surface area contributed by atoms with E-state index in [1.807, 2.05) is 12.1 Å². The molecule has 0 saturated carbocycles. The van der Waals surface area contributed by atoms with Crippen LogP contribution in [0.15, 0.2) is 60.8 Å². The third-order valence-corrected chi connectivity index (χ3v) is 5.68. The van der Waals surface area contributed by atoms with Crippen LogP contribution in [0.4, 0.5) is 29.3 Å². The van der Waals surface area contributed by atoms with Gasteiger partial charge in [0.15, 0.2) is 0 Å². The van der Waals surface area contributed by atoms with Crippen molar-refractivity contribution in [3.05, 3.63) is 71.9 Å². The largest absolute Gasteiger partial charge is 0.573 e. The van der Waals surface area contributed by atoms with Crippen molar-refractivity contribution in [2.45, 2.75) is 39.7 Å². The van der Waals surface area contributed by atoms with Crippen molar-refractivity contribution in [2.75, 3.05) is 17.7 Å². The van der Waals surface area contributed by atoms with Gasteiger partial charge in [0.05, 0.1) is 0 Å². The maximum Gasteiger partial charge on any atom is 0.573 e. The van der Waals surface area contributed by atoms with Crippen LogP contribution in [0.2, 0.25) is 0 Å². The second kappa shape index (κ2) is 9.69. The number of fused-ring (bicyclic) bond motifs is 1. The molecule has 2 amide bonds. The van der Waals surface area contributed by atoms with Gasteiger partial charge >= 0.3 is 12.4 Å². The summed E-state index contributed by atoms with van der Waals surface area (Å²) in [6.07, 6.45) is -3.22. The number of halogens is 3. The molecule has 3 aromatic rings. The van der Waals surface area contributed by atoms with E-state index in [0.29, 0.717) is 11.4 Å². The summed E-state index contributed by atoms with van der Waals surface area (Å²) in [4.78, 5) is 19.2. The molecule has 2 heterocycles. The van der Waals surface area contributed by atoms with Crippen LogP contribution in [-0.4, -0.2) is 29.3 Å². The van der Waals surface area contributed by atoms with E-state index in [2.05, 4.69) is 59.1 Å². The predicted octanol–water partition coefficient (Wildman–Crippen LogP) is 6.95. The normalized spacial score (nSPS) is 15.8. The highest BCUT2D eigenvalue weighted by Crippen LogP contribution is 2.48. The van der Waals surface area contributed by atoms with Gasteiger partial charge in [-0.15, -0.1) is 13.2 Å². The van der Waals surface area contributed by atoms with Gasteiger partial charge in [0.1, 0.15) is 17.2 Å². The van der Waals surface area contributed by atoms with Crippen LogP contribution in [0.1, 0.15) is 37.9 Å². The number of nitrogens with zero attached hydrogens (tertiary/aromatic N) is 2. The minimum Gasteiger partial charge on any atom is -0.437 e. The van der Waals surface area contributed by atoms with E-state index in [9.17, 15) is 18.0 Å². The number of urea groups is 1. The Morgan fingerprint density at radius 2 is 1.75 bits per heavy atom. The number of pyridine rings is 1. The Morgan fingerprint density at radius 1 is 1.03 bits per heavy atom. The van der Waals surface area contributed by atoms with Crippen molar-refractivity contribution in [3.63, 3.8) is 0 Å². The van der Waals surface area contributed by atoms with E-state index < -0.39 is 12.4 Å². The molecule has 0 aliphatic carbocycles. The van der Waals surface area contributed by atoms with Crippen LogP contribution in [0.25, 0.3) is 0 Å². The number of hydrogen-bond acceptors (Lipinski definition) is 5. The minimum absolute atomic E-state index is 0.0365. The van der Waals surface area contributed by atoms with E-state index in [4.69, 9.17) is 4.74 Å². The average molecular weight is 501 g/mol. The van der Waals surface area contributed by atoms with Crippen LogP contribution < -0.4 is 20.1 Å². The Kier molecular flexibility index (Phi) is 6.81. The number of aromatic nitrogens is 1. The maximum absolute atomic E-state index is 12.6. The van der Waals surface area contributed by atoms with Gasteiger partial charge in [-0.05, 0) is 60.5 Å². The second-order valence-corrected chi connectivity index (χ2v) is 9.62. The first-order valence-corrected chi connectivity index (χ1v) is 11.3. The number of rotatable bonds is 5. The Bertz CT molecular complexity index is 1240. The third-order valence-electron chi connectivity index (χ3n) is 5.68. The highest BCUT2D eigenvalue weighted by molar-refractivity contribution is 6.00. The lowest BCUT2D eigenvalue weighted by molar-refractivity contribution is -0.274. The smallest absolute Gasteiger partial charge is 0.437 e. The lowest BCUT2D eigenvalue weighted by Gasteiger charge is -2.34. The Balaban J connectivity index is 1.50. The Labute approximate surface area is 207 Å². The first-order chi connectivity index (χ1) is 16.9. The SMILES string of the molecule is CN1Cc2cccc(Oc3ncccc3NC(=O)Nc3ccc(OC(F)(F)F)cc3)c2C1C(C)(C)C. The fraction of sp³-hybridized carbons (Fsp3) is 0.308. The number of alkyl halides is 3. The molecular weight excluding hydrogens is 473 g/mol. The van der Waals surface area contributed by atoms with Crippen LogP contribution >= 0.6 is 0 Å². The molecule has 2 N–H and O–H groups in total. The van der Waals surface area contributed by atoms with Crippen molar-refractivity contribution in [3.8, 4) is 17.4 Å². The van der Waals surface area contributed by atoms with Gasteiger partial charge in [-0.3, -0.25) is 4.90 Å². The van der Waals surface area contributed by atoms with E-state index in [-0.39, 0.29) is 28.8 Å². The zero-order valence-corrected chi connectivity index (χ0v) is 20.3. The highest BCUT2D eigenvalue weighted by Gasteiger charge is 2.38. The van der Waals surface area contributed by atoms with E-state index in [1.54, 1.807) is 18.3 Å². The standard InChI is InChI=1S/C26H27F3N4O3/c1-25(2,3)22-21-16(15-33(22)4)7-5-9-20(21)35-23-19(8-6-14-30-23)32-24(34)31-17-10-12-18(13-11-17)36-26(27,28)29/h5-14,22H,15H2,1-4H3,(H2,31,32,34). The summed E-state index contributed by atoms with van der Waals surface area (Å²) in [5, 5.41) is 5.26. The molecule has 1 atom stereocenters. The monoisotopic (exact) mass is 500 g/mol. The van der Waals surface area contributed by atoms with Crippen LogP contribution in [0.5, 0.6) is 17.4 Å². The van der Waals surface area contributed by atoms with E-state index in [0.717, 1.165) is 24.2 Å². The maximum atomic E-state index is 12.6. The number of amides is 2. The molecule has 10 heteroatoms. The number of carbonyl (C=O) groups is 1. The molecule has 0 spiro atoms. The Hall–Kier alpha value is -3.79. The molecule has 2 aromatic carbocycles. The van der Waals surface area contributed by atoms with Crippen molar-refractivity contribution in [2.24, 2.45) is 5.41 Å². The lowest BCUT2D eigenvalue weighted by atomic mass is 9.82. The number of nitrogens with one attached hydrogen (secondary N) is 2. The topological polar surface area (TPSA) is 75.7 Å². The fourth-order valence-electron chi connectivity index (χ4n) is 4.50. The molecule has 0 radical (unpaired) electrons. The summed E-state index contributed by atoms with van der Waals surface area (Å²) in [5.41, 5.74) is 2.85. The molecule has 190 valence electrons. The first kappa shape index (κ1) is 25.3. The molecule has 0 saturated heterocycles. The van der Waals surface area contributed by atoms with Gasteiger partial charge in [-0.2, -0.15) is 0 Å². The molecule has 36 heavy (non-hydrogen) atoms. The fourth-order valence-corrected chi connectivity index (χ4v) is 4.50. The summed E-state index contributed by atoms with van der Waals surface area (Å²) >= 11 is 0. The zero-order chi connectivity index (χ0) is 26.1. The van der Waals surface area contributed by atoms with Gasteiger partial charge < -0.3 is 20.1 Å². The number of anilines is 2. The van der Waals surface area contributed by atoms with Crippen molar-refractivity contribution in [1.82, 2.24) is 9.88 Å². The van der Waals surface area contributed by atoms with Crippen LogP contribution in [0, 0.1) is 5.41 Å². The molecule has 7 nitrogen and oxygen atoms in total. The molecule has 1 aliphatic rings. The quantitative estimate of drug-likeness (QED) is 0.397. The van der Waals surface area contributed by atoms with Crippen LogP contribution in [0.3, 0.4) is 0 Å². The minimum atomic E-state index is -4.79. The summed E-state index contributed by atoms with van der Waals surface area (Å²) in [7, 11) is 2.08. The molecule has 0 bridgehead atoms. The van der Waals surface area contributed by atoms with Gasteiger partial charge in [-0.1, -0.05) is 32.9 Å². The molecule has 1 aliphatic heterocycles. The molecular formula is C26H27F3N4O3. The number of hydrogen-bond donors (Lipinski definition) is 2. The van der Waals surface area contributed by atoms with Gasteiger partial charge in [0, 0.05) is 30.0 Å². The molecule has 0 fully saturated rings. The highest BCUT2D eigenvalue weighted by atomic mass is 19.4. The second-order valence-electron chi connectivity index (χ2n) is 9.62. The number of benzene rings is 2. The number of carbonyl (C=O) groups excluding carboxylic acids is 1. The van der Waals surface area contributed by atoms with Crippen LogP contribution in [-0.2, 0) is 6.54 Å². The first-order valence-electron chi connectivity index (χ1n) is 11.3. The molecule has 4 rings (SSSR count). The predicted molar refractivity (Wildman–Crippen MR) is 130 cm³/mol. The van der Waals surface area contributed by atoms with E-state index >= 15 is 0 Å². The van der Waals surface area contributed by atoms with Crippen molar-refractivity contribution >= 4 is 17.4 Å². The number of ether oxygens (including phenoxy) is 2. The van der Waals surface area contributed by atoms with E-state index in [1.165, 1.54) is 17.7 Å². The van der Waals surface area contributed by atoms with Crippen molar-refractivity contribution in [1.29, 1.82) is 0 Å². The molecule has 1 aromatic heterocycles. The summed E-state index contributed by atoms with van der Waals surface area (Å²) in [6.45, 7) is 7.34. The summed E-state index contributed by atoms with van der Waals surface area (Å²) < 4.78 is 47.1. The zero-order valence-electron chi connectivity index (χ0n) is 20.3. The summed E-state index contributed by atoms with van der Waals surface area (Å²) in [5.74, 6) is 0.502. The lowest BCUT2D eigenvalue weighted by Crippen LogP contribution is -2.28. The molecule has 1 unspecified atom stereocenters. The Morgan fingerprint density at radius 3 is 2.42 bits per heavy atom. The van der Waals surface area contributed by atoms with Gasteiger partial charge in [0.2, 0.25) is 5.88 Å². The van der Waals surface area contributed by atoms with Gasteiger partial charge in [0.25, 0.3) is 0 Å². The average Bonchev–Trinajstić information content (AvgIpc) is 3.12. The van der Waals surface area contributed by atoms with Crippen molar-refractivity contribution < 1.29 is 27.4 Å². The third kappa shape index (κ3) is 5.88.